The van der Waals surface area contributed by atoms with E-state index in [0.717, 1.165) is 31.4 Å². The van der Waals surface area contributed by atoms with Gasteiger partial charge in [0.2, 0.25) is 0 Å². The van der Waals surface area contributed by atoms with Gasteiger partial charge in [0.25, 0.3) is 0 Å². The lowest BCUT2D eigenvalue weighted by molar-refractivity contribution is 0.154. The second kappa shape index (κ2) is 7.77. The van der Waals surface area contributed by atoms with Gasteiger partial charge in [-0.15, -0.1) is 0 Å². The lowest BCUT2D eigenvalue weighted by Gasteiger charge is -2.09. The molecule has 0 radical (unpaired) electrons. The Balaban J connectivity index is 2.14. The zero-order chi connectivity index (χ0) is 10.9. The lowest BCUT2D eigenvalue weighted by Crippen LogP contribution is -2.08. The van der Waals surface area contributed by atoms with Crippen LogP contribution in [0.4, 0.5) is 0 Å². The van der Waals surface area contributed by atoms with Crippen molar-refractivity contribution in [1.82, 2.24) is 0 Å². The molecule has 2 heteroatoms. The van der Waals surface area contributed by atoms with Gasteiger partial charge in [-0.3, -0.25) is 0 Å². The first-order valence-electron chi connectivity index (χ1n) is 5.54. The minimum absolute atomic E-state index is 0.127. The van der Waals surface area contributed by atoms with E-state index in [2.05, 4.69) is 30.5 Å². The maximum Gasteiger partial charge on any atom is 0.0543 e. The smallest absolute Gasteiger partial charge is 0.0543 e. The molecule has 1 unspecified atom stereocenters. The van der Waals surface area contributed by atoms with Gasteiger partial charge in [0.05, 0.1) is 6.10 Å². The maximum atomic E-state index is 9.73. The molecule has 0 aliphatic rings. The number of rotatable bonds is 7. The van der Waals surface area contributed by atoms with Gasteiger partial charge in [-0.1, -0.05) is 30.3 Å². The van der Waals surface area contributed by atoms with Gasteiger partial charge in [0.15, 0.2) is 0 Å². The third-order valence-electron chi connectivity index (χ3n) is 2.49. The van der Waals surface area contributed by atoms with E-state index in [-0.39, 0.29) is 6.10 Å². The number of aliphatic hydroxyl groups excluding tert-OH is 1. The summed E-state index contributed by atoms with van der Waals surface area (Å²) in [5.74, 6) is 1.16. The quantitative estimate of drug-likeness (QED) is 0.718. The minimum Gasteiger partial charge on any atom is -0.393 e. The van der Waals surface area contributed by atoms with Crippen molar-refractivity contribution < 1.29 is 5.11 Å². The molecule has 1 atom stereocenters. The van der Waals surface area contributed by atoms with Crippen molar-refractivity contribution in [2.45, 2.75) is 31.8 Å². The summed E-state index contributed by atoms with van der Waals surface area (Å²) in [6.45, 7) is 0. The van der Waals surface area contributed by atoms with Crippen molar-refractivity contribution in [3.05, 3.63) is 35.9 Å². The summed E-state index contributed by atoms with van der Waals surface area (Å²) < 4.78 is 0. The fourth-order valence-corrected chi connectivity index (χ4v) is 2.04. The van der Waals surface area contributed by atoms with Crippen molar-refractivity contribution in [3.8, 4) is 0 Å². The van der Waals surface area contributed by atoms with E-state index in [1.807, 2.05) is 17.8 Å². The fourth-order valence-electron chi connectivity index (χ4n) is 1.59. The van der Waals surface area contributed by atoms with Crippen molar-refractivity contribution >= 4 is 11.8 Å². The Labute approximate surface area is 96.9 Å². The first-order chi connectivity index (χ1) is 7.33. The lowest BCUT2D eigenvalue weighted by atomic mass is 10.0. The van der Waals surface area contributed by atoms with Crippen molar-refractivity contribution in [2.24, 2.45) is 0 Å². The molecular formula is C13H20OS. The Hall–Kier alpha value is -0.470. The van der Waals surface area contributed by atoms with Gasteiger partial charge < -0.3 is 5.11 Å². The van der Waals surface area contributed by atoms with Gasteiger partial charge in [-0.2, -0.15) is 11.8 Å². The molecule has 0 aliphatic heterocycles. The molecule has 1 rings (SSSR count). The minimum atomic E-state index is -0.127. The average molecular weight is 224 g/mol. The van der Waals surface area contributed by atoms with E-state index in [4.69, 9.17) is 0 Å². The summed E-state index contributed by atoms with van der Waals surface area (Å²) in [6, 6.07) is 10.4. The molecule has 1 aromatic rings. The molecule has 0 aliphatic carbocycles. The fraction of sp³-hybridized carbons (Fsp3) is 0.538. The molecule has 1 N–H and O–H groups in total. The Morgan fingerprint density at radius 1 is 1.20 bits per heavy atom. The Morgan fingerprint density at radius 2 is 1.93 bits per heavy atom. The van der Waals surface area contributed by atoms with Crippen LogP contribution >= 0.6 is 11.8 Å². The van der Waals surface area contributed by atoms with Crippen LogP contribution < -0.4 is 0 Å². The Bertz CT molecular complexity index is 248. The molecule has 0 aromatic heterocycles. The largest absolute Gasteiger partial charge is 0.393 e. The molecule has 1 aromatic carbocycles. The molecule has 0 amide bonds. The molecule has 0 spiro atoms. The highest BCUT2D eigenvalue weighted by molar-refractivity contribution is 7.98. The molecule has 0 saturated carbocycles. The highest BCUT2D eigenvalue weighted by Crippen LogP contribution is 2.10. The van der Waals surface area contributed by atoms with Crippen LogP contribution in [0, 0.1) is 0 Å². The van der Waals surface area contributed by atoms with Crippen molar-refractivity contribution in [2.75, 3.05) is 12.0 Å². The SMILES string of the molecule is CSCCCC(O)CCc1ccccc1. The average Bonchev–Trinajstić information content (AvgIpc) is 2.28. The van der Waals surface area contributed by atoms with Gasteiger partial charge in [-0.05, 0) is 43.3 Å². The number of aryl methyl sites for hydroxylation is 1. The van der Waals surface area contributed by atoms with E-state index >= 15 is 0 Å². The summed E-state index contributed by atoms with van der Waals surface area (Å²) in [5.41, 5.74) is 1.32. The molecule has 15 heavy (non-hydrogen) atoms. The second-order valence-electron chi connectivity index (χ2n) is 3.81. The van der Waals surface area contributed by atoms with Crippen molar-refractivity contribution in [1.29, 1.82) is 0 Å². The van der Waals surface area contributed by atoms with E-state index in [9.17, 15) is 5.11 Å². The zero-order valence-corrected chi connectivity index (χ0v) is 10.2. The third-order valence-corrected chi connectivity index (χ3v) is 3.19. The first-order valence-corrected chi connectivity index (χ1v) is 6.93. The van der Waals surface area contributed by atoms with E-state index < -0.39 is 0 Å². The molecule has 0 heterocycles. The highest BCUT2D eigenvalue weighted by Gasteiger charge is 2.03. The molecule has 0 bridgehead atoms. The molecule has 0 saturated heterocycles. The molecular weight excluding hydrogens is 204 g/mol. The van der Waals surface area contributed by atoms with Gasteiger partial charge in [0, 0.05) is 0 Å². The first kappa shape index (κ1) is 12.6. The Morgan fingerprint density at radius 3 is 2.60 bits per heavy atom. The number of hydrogen-bond donors (Lipinski definition) is 1. The van der Waals surface area contributed by atoms with Gasteiger partial charge >= 0.3 is 0 Å². The maximum absolute atomic E-state index is 9.73. The summed E-state index contributed by atoms with van der Waals surface area (Å²) in [5, 5.41) is 9.73. The Kier molecular flexibility index (Phi) is 6.53. The normalized spacial score (nSPS) is 12.7. The second-order valence-corrected chi connectivity index (χ2v) is 4.80. The molecule has 1 nitrogen and oxygen atoms in total. The van der Waals surface area contributed by atoms with Crippen LogP contribution in [0.15, 0.2) is 30.3 Å². The van der Waals surface area contributed by atoms with Crippen LogP contribution in [0.1, 0.15) is 24.8 Å². The zero-order valence-electron chi connectivity index (χ0n) is 9.36. The summed E-state index contributed by atoms with van der Waals surface area (Å²) in [6.07, 6.45) is 5.92. The third kappa shape index (κ3) is 5.85. The van der Waals surface area contributed by atoms with Gasteiger partial charge in [0.1, 0.15) is 0 Å². The van der Waals surface area contributed by atoms with Gasteiger partial charge in [-0.25, -0.2) is 0 Å². The van der Waals surface area contributed by atoms with Crippen LogP contribution in [0.2, 0.25) is 0 Å². The highest BCUT2D eigenvalue weighted by atomic mass is 32.2. The predicted octanol–water partition coefficient (Wildman–Crippen LogP) is 3.12. The van der Waals surface area contributed by atoms with E-state index in [0.29, 0.717) is 0 Å². The summed E-state index contributed by atoms with van der Waals surface area (Å²) >= 11 is 1.85. The van der Waals surface area contributed by atoms with Crippen LogP contribution in [-0.4, -0.2) is 23.2 Å². The molecule has 84 valence electrons. The predicted molar refractivity (Wildman–Crippen MR) is 68.4 cm³/mol. The number of hydrogen-bond acceptors (Lipinski definition) is 2. The van der Waals surface area contributed by atoms with E-state index in [1.165, 1.54) is 5.56 Å². The van der Waals surface area contributed by atoms with Crippen LogP contribution in [0.3, 0.4) is 0 Å². The molecule has 0 fully saturated rings. The summed E-state index contributed by atoms with van der Waals surface area (Å²) in [4.78, 5) is 0. The topological polar surface area (TPSA) is 20.2 Å². The summed E-state index contributed by atoms with van der Waals surface area (Å²) in [7, 11) is 0. The number of aliphatic hydroxyl groups is 1. The monoisotopic (exact) mass is 224 g/mol. The van der Waals surface area contributed by atoms with Crippen LogP contribution in [-0.2, 0) is 6.42 Å². The van der Waals surface area contributed by atoms with Crippen LogP contribution in [0.25, 0.3) is 0 Å². The van der Waals surface area contributed by atoms with Crippen molar-refractivity contribution in [3.63, 3.8) is 0 Å². The number of thioether (sulfide) groups is 1. The van der Waals surface area contributed by atoms with E-state index in [1.54, 1.807) is 0 Å². The standard InChI is InChI=1S/C13H20OS/c1-15-11-5-8-13(14)10-9-12-6-3-2-4-7-12/h2-4,6-7,13-14H,5,8-11H2,1H3. The number of benzene rings is 1. The van der Waals surface area contributed by atoms with Crippen LogP contribution in [0.5, 0.6) is 0 Å².